The maximum Gasteiger partial charge on any atom is 0.289 e. The number of hydrogen-bond acceptors (Lipinski definition) is 4. The SMILES string of the molecule is CCc1ccc(CN2CCC3(CCc4nnc(C(=O)NC(C)C)n4C3)CC2)cc1. The van der Waals surface area contributed by atoms with Gasteiger partial charge in [0.05, 0.1) is 0 Å². The van der Waals surface area contributed by atoms with Crippen molar-refractivity contribution in [1.29, 1.82) is 0 Å². The van der Waals surface area contributed by atoms with Gasteiger partial charge in [-0.05, 0) is 69.2 Å². The van der Waals surface area contributed by atoms with Gasteiger partial charge in [-0.25, -0.2) is 0 Å². The van der Waals surface area contributed by atoms with Gasteiger partial charge >= 0.3 is 0 Å². The number of nitrogens with zero attached hydrogens (tertiary/aromatic N) is 4. The number of carbonyl (C=O) groups is 1. The standard InChI is InChI=1S/C23H33N5O/c1-4-18-5-7-19(8-6-18)15-27-13-11-23(12-14-27)10-9-20-25-26-21(28(20)16-23)22(29)24-17(2)3/h5-8,17H,4,9-16H2,1-3H3,(H,24,29). The van der Waals surface area contributed by atoms with E-state index < -0.39 is 0 Å². The van der Waals surface area contributed by atoms with Crippen LogP contribution in [0.5, 0.6) is 0 Å². The minimum atomic E-state index is -0.108. The van der Waals surface area contributed by atoms with E-state index in [2.05, 4.69) is 56.2 Å². The van der Waals surface area contributed by atoms with E-state index in [0.717, 1.165) is 51.3 Å². The first-order valence-electron chi connectivity index (χ1n) is 11.0. The van der Waals surface area contributed by atoms with Crippen molar-refractivity contribution < 1.29 is 4.79 Å². The molecule has 2 aliphatic rings. The second-order valence-corrected chi connectivity index (χ2v) is 9.10. The molecule has 1 spiro atoms. The number of aryl methyl sites for hydroxylation is 2. The van der Waals surface area contributed by atoms with Gasteiger partial charge in [-0.1, -0.05) is 31.2 Å². The zero-order chi connectivity index (χ0) is 20.4. The zero-order valence-corrected chi connectivity index (χ0v) is 17.9. The van der Waals surface area contributed by atoms with Gasteiger partial charge in [0.1, 0.15) is 5.82 Å². The molecule has 4 rings (SSSR count). The van der Waals surface area contributed by atoms with Crippen LogP contribution < -0.4 is 5.32 Å². The number of piperidine rings is 1. The molecule has 29 heavy (non-hydrogen) atoms. The highest BCUT2D eigenvalue weighted by Crippen LogP contribution is 2.41. The first-order valence-corrected chi connectivity index (χ1v) is 11.0. The Hall–Kier alpha value is -2.21. The lowest BCUT2D eigenvalue weighted by Gasteiger charge is -2.44. The highest BCUT2D eigenvalue weighted by Gasteiger charge is 2.39. The van der Waals surface area contributed by atoms with E-state index in [0.29, 0.717) is 5.82 Å². The normalized spacial score (nSPS) is 18.8. The van der Waals surface area contributed by atoms with Crippen LogP contribution in [-0.2, 0) is 25.9 Å². The highest BCUT2D eigenvalue weighted by atomic mass is 16.2. The molecule has 2 aromatic rings. The molecule has 0 saturated carbocycles. The molecule has 0 radical (unpaired) electrons. The predicted octanol–water partition coefficient (Wildman–Crippen LogP) is 3.21. The molecule has 0 atom stereocenters. The molecule has 156 valence electrons. The number of aromatic nitrogens is 3. The quantitative estimate of drug-likeness (QED) is 0.844. The monoisotopic (exact) mass is 395 g/mol. The lowest BCUT2D eigenvalue weighted by atomic mass is 9.73. The summed E-state index contributed by atoms with van der Waals surface area (Å²) < 4.78 is 2.08. The van der Waals surface area contributed by atoms with Crippen molar-refractivity contribution in [3.05, 3.63) is 47.0 Å². The van der Waals surface area contributed by atoms with Crippen molar-refractivity contribution in [2.24, 2.45) is 5.41 Å². The van der Waals surface area contributed by atoms with E-state index in [1.165, 1.54) is 24.0 Å². The number of fused-ring (bicyclic) bond motifs is 1. The van der Waals surface area contributed by atoms with Crippen molar-refractivity contribution >= 4 is 5.91 Å². The first kappa shape index (κ1) is 20.1. The number of likely N-dealkylation sites (tertiary alicyclic amines) is 1. The average molecular weight is 396 g/mol. The van der Waals surface area contributed by atoms with Crippen molar-refractivity contribution in [2.45, 2.75) is 72.0 Å². The van der Waals surface area contributed by atoms with Gasteiger partial charge in [0, 0.05) is 25.6 Å². The molecule has 1 N–H and O–H groups in total. The Morgan fingerprint density at radius 3 is 2.45 bits per heavy atom. The second kappa shape index (κ2) is 8.27. The molecule has 0 aliphatic carbocycles. The smallest absolute Gasteiger partial charge is 0.289 e. The van der Waals surface area contributed by atoms with E-state index in [9.17, 15) is 4.79 Å². The fraction of sp³-hybridized carbons (Fsp3) is 0.609. The molecule has 0 unspecified atom stereocenters. The van der Waals surface area contributed by atoms with Crippen LogP contribution in [0, 0.1) is 5.41 Å². The fourth-order valence-electron chi connectivity index (χ4n) is 4.70. The van der Waals surface area contributed by atoms with Crippen LogP contribution in [-0.4, -0.2) is 44.7 Å². The van der Waals surface area contributed by atoms with E-state index in [1.807, 2.05) is 13.8 Å². The largest absolute Gasteiger partial charge is 0.347 e. The third kappa shape index (κ3) is 4.37. The summed E-state index contributed by atoms with van der Waals surface area (Å²) in [4.78, 5) is 15.1. The molecule has 1 saturated heterocycles. The summed E-state index contributed by atoms with van der Waals surface area (Å²) in [7, 11) is 0. The lowest BCUT2D eigenvalue weighted by Crippen LogP contribution is -2.45. The van der Waals surface area contributed by atoms with Gasteiger partial charge in [0.15, 0.2) is 0 Å². The molecular formula is C23H33N5O. The average Bonchev–Trinajstić information content (AvgIpc) is 3.13. The molecule has 6 nitrogen and oxygen atoms in total. The molecule has 0 bridgehead atoms. The number of rotatable bonds is 5. The Morgan fingerprint density at radius 2 is 1.79 bits per heavy atom. The molecule has 1 aromatic heterocycles. The van der Waals surface area contributed by atoms with Gasteiger partial charge in [-0.2, -0.15) is 0 Å². The molecule has 2 aliphatic heterocycles. The molecule has 1 aromatic carbocycles. The van der Waals surface area contributed by atoms with Crippen LogP contribution in [0.25, 0.3) is 0 Å². The number of amides is 1. The summed E-state index contributed by atoms with van der Waals surface area (Å²) in [6.07, 6.45) is 5.50. The van der Waals surface area contributed by atoms with Crippen molar-refractivity contribution in [1.82, 2.24) is 25.0 Å². The molecule has 3 heterocycles. The molecule has 1 fully saturated rings. The Bertz CT molecular complexity index is 847. The topological polar surface area (TPSA) is 63.1 Å². The van der Waals surface area contributed by atoms with Crippen molar-refractivity contribution in [3.63, 3.8) is 0 Å². The van der Waals surface area contributed by atoms with Gasteiger partial charge in [0.25, 0.3) is 5.91 Å². The third-order valence-corrected chi connectivity index (χ3v) is 6.58. The maximum absolute atomic E-state index is 12.5. The van der Waals surface area contributed by atoms with E-state index >= 15 is 0 Å². The van der Waals surface area contributed by atoms with Crippen LogP contribution in [0.3, 0.4) is 0 Å². The maximum atomic E-state index is 12.5. The lowest BCUT2D eigenvalue weighted by molar-refractivity contribution is 0.0617. The van der Waals surface area contributed by atoms with Crippen LogP contribution >= 0.6 is 0 Å². The summed E-state index contributed by atoms with van der Waals surface area (Å²) >= 11 is 0. The minimum absolute atomic E-state index is 0.0997. The minimum Gasteiger partial charge on any atom is -0.347 e. The van der Waals surface area contributed by atoms with Crippen LogP contribution in [0.4, 0.5) is 0 Å². The molecular weight excluding hydrogens is 362 g/mol. The Morgan fingerprint density at radius 1 is 1.10 bits per heavy atom. The fourth-order valence-corrected chi connectivity index (χ4v) is 4.70. The zero-order valence-electron chi connectivity index (χ0n) is 17.9. The number of hydrogen-bond donors (Lipinski definition) is 1. The van der Waals surface area contributed by atoms with Crippen molar-refractivity contribution in [2.75, 3.05) is 13.1 Å². The summed E-state index contributed by atoms with van der Waals surface area (Å²) in [6.45, 7) is 10.3. The van der Waals surface area contributed by atoms with Crippen LogP contribution in [0.15, 0.2) is 24.3 Å². The summed E-state index contributed by atoms with van der Waals surface area (Å²) in [5.74, 6) is 1.33. The van der Waals surface area contributed by atoms with E-state index in [1.54, 1.807) is 0 Å². The number of benzene rings is 1. The summed E-state index contributed by atoms with van der Waals surface area (Å²) in [5, 5.41) is 11.5. The Balaban J connectivity index is 1.39. The van der Waals surface area contributed by atoms with Gasteiger partial charge in [-0.15, -0.1) is 10.2 Å². The van der Waals surface area contributed by atoms with Crippen LogP contribution in [0.2, 0.25) is 0 Å². The van der Waals surface area contributed by atoms with E-state index in [4.69, 9.17) is 0 Å². The number of carbonyl (C=O) groups excluding carboxylic acids is 1. The van der Waals surface area contributed by atoms with Gasteiger partial charge in [0.2, 0.25) is 5.82 Å². The van der Waals surface area contributed by atoms with Crippen LogP contribution in [0.1, 0.15) is 67.6 Å². The van der Waals surface area contributed by atoms with Gasteiger partial charge < -0.3 is 9.88 Å². The predicted molar refractivity (Wildman–Crippen MR) is 114 cm³/mol. The Kier molecular flexibility index (Phi) is 5.72. The highest BCUT2D eigenvalue weighted by molar-refractivity contribution is 5.90. The molecule has 1 amide bonds. The Labute approximate surface area is 173 Å². The molecule has 6 heteroatoms. The second-order valence-electron chi connectivity index (χ2n) is 9.10. The number of nitrogens with one attached hydrogen (secondary N) is 1. The summed E-state index contributed by atoms with van der Waals surface area (Å²) in [6, 6.07) is 9.14. The van der Waals surface area contributed by atoms with Crippen molar-refractivity contribution in [3.8, 4) is 0 Å². The van der Waals surface area contributed by atoms with E-state index in [-0.39, 0.29) is 17.4 Å². The summed E-state index contributed by atoms with van der Waals surface area (Å²) in [5.41, 5.74) is 3.07. The third-order valence-electron chi connectivity index (χ3n) is 6.58. The first-order chi connectivity index (χ1) is 14.0. The van der Waals surface area contributed by atoms with Gasteiger partial charge in [-0.3, -0.25) is 9.69 Å².